The minimum absolute atomic E-state index is 0.0710. The summed E-state index contributed by atoms with van der Waals surface area (Å²) < 4.78 is 32.9. The maximum atomic E-state index is 12.2. The maximum absolute atomic E-state index is 12.2. The highest BCUT2D eigenvalue weighted by molar-refractivity contribution is 7.90. The van der Waals surface area contributed by atoms with Crippen molar-refractivity contribution in [2.45, 2.75) is 25.7 Å². The van der Waals surface area contributed by atoms with Crippen molar-refractivity contribution in [3.8, 4) is 0 Å². The van der Waals surface area contributed by atoms with Crippen LogP contribution < -0.4 is 5.32 Å². The number of benzene rings is 1. The first-order valence-electron chi connectivity index (χ1n) is 8.58. The van der Waals surface area contributed by atoms with Gasteiger partial charge in [0, 0.05) is 11.1 Å². The molecule has 0 atom stereocenters. The fraction of sp³-hybridized carbons (Fsp3) is 0.316. The van der Waals surface area contributed by atoms with Crippen molar-refractivity contribution >= 4 is 44.0 Å². The van der Waals surface area contributed by atoms with Gasteiger partial charge in [-0.25, -0.2) is 18.0 Å². The number of hydrogen-bond donors (Lipinski definition) is 1. The Morgan fingerprint density at radius 2 is 1.66 bits per heavy atom. The normalized spacial score (nSPS) is 11.0. The summed E-state index contributed by atoms with van der Waals surface area (Å²) in [6.07, 6.45) is 1.06. The van der Waals surface area contributed by atoms with Crippen LogP contribution in [0.15, 0.2) is 29.2 Å². The van der Waals surface area contributed by atoms with Crippen LogP contribution in [-0.2, 0) is 24.1 Å². The van der Waals surface area contributed by atoms with E-state index in [1.807, 2.05) is 6.92 Å². The highest BCUT2D eigenvalue weighted by atomic mass is 32.2. The molecule has 2 aromatic rings. The summed E-state index contributed by atoms with van der Waals surface area (Å²) in [5.74, 6) is -1.92. The Morgan fingerprint density at radius 1 is 1.03 bits per heavy atom. The van der Waals surface area contributed by atoms with Gasteiger partial charge in [0.25, 0.3) is 5.91 Å². The second-order valence-corrected chi connectivity index (χ2v) is 9.37. The van der Waals surface area contributed by atoms with E-state index in [0.717, 1.165) is 11.1 Å². The smallest absolute Gasteiger partial charge is 0.341 e. The molecule has 10 heteroatoms. The van der Waals surface area contributed by atoms with Crippen LogP contribution in [0.2, 0.25) is 0 Å². The first kappa shape index (κ1) is 22.6. The molecule has 1 heterocycles. The standard InChI is InChI=1S/C19H21NO7S2/c1-5-26-19(23)16-11(2)12(3)28-17(16)20-15(21)10-27-18(22)13-6-8-14(9-7-13)29(4,24)25/h6-9H,5,10H2,1-4H3,(H,20,21). The predicted molar refractivity (Wildman–Crippen MR) is 108 cm³/mol. The van der Waals surface area contributed by atoms with Crippen molar-refractivity contribution in [3.63, 3.8) is 0 Å². The molecule has 8 nitrogen and oxygen atoms in total. The fourth-order valence-corrected chi connectivity index (χ4v) is 4.07. The van der Waals surface area contributed by atoms with Gasteiger partial charge in [0.2, 0.25) is 0 Å². The molecule has 0 aliphatic heterocycles. The van der Waals surface area contributed by atoms with Crippen LogP contribution in [0, 0.1) is 13.8 Å². The van der Waals surface area contributed by atoms with Crippen molar-refractivity contribution in [3.05, 3.63) is 45.8 Å². The third kappa shape index (κ3) is 5.64. The predicted octanol–water partition coefficient (Wildman–Crippen LogP) is 2.74. The fourth-order valence-electron chi connectivity index (χ4n) is 2.38. The van der Waals surface area contributed by atoms with E-state index in [1.54, 1.807) is 13.8 Å². The largest absolute Gasteiger partial charge is 0.462 e. The summed E-state index contributed by atoms with van der Waals surface area (Å²) in [6.45, 7) is 4.90. The number of ether oxygens (including phenoxy) is 2. The molecule has 0 radical (unpaired) electrons. The Morgan fingerprint density at radius 3 is 2.21 bits per heavy atom. The molecule has 2 rings (SSSR count). The van der Waals surface area contributed by atoms with Gasteiger partial charge >= 0.3 is 11.9 Å². The monoisotopic (exact) mass is 439 g/mol. The summed E-state index contributed by atoms with van der Waals surface area (Å²) in [5.41, 5.74) is 1.11. The van der Waals surface area contributed by atoms with Gasteiger partial charge in [-0.3, -0.25) is 4.79 Å². The molecule has 0 fully saturated rings. The van der Waals surface area contributed by atoms with Gasteiger partial charge in [-0.15, -0.1) is 11.3 Å². The van der Waals surface area contributed by atoms with Crippen LogP contribution in [0.25, 0.3) is 0 Å². The zero-order chi connectivity index (χ0) is 21.8. The third-order valence-electron chi connectivity index (χ3n) is 3.97. The van der Waals surface area contributed by atoms with Crippen molar-refractivity contribution in [2.75, 3.05) is 24.8 Å². The molecule has 0 saturated carbocycles. The average molecular weight is 440 g/mol. The molecule has 0 unspecified atom stereocenters. The number of anilines is 1. The van der Waals surface area contributed by atoms with Gasteiger partial charge in [0.15, 0.2) is 16.4 Å². The molecule has 0 aliphatic carbocycles. The van der Waals surface area contributed by atoms with Gasteiger partial charge in [0.05, 0.1) is 22.6 Å². The lowest BCUT2D eigenvalue weighted by Crippen LogP contribution is -2.21. The summed E-state index contributed by atoms with van der Waals surface area (Å²) in [5, 5.41) is 2.90. The number of nitrogens with one attached hydrogen (secondary N) is 1. The number of carbonyl (C=O) groups excluding carboxylic acids is 3. The van der Waals surface area contributed by atoms with Crippen molar-refractivity contribution < 1.29 is 32.3 Å². The molecular weight excluding hydrogens is 418 g/mol. The van der Waals surface area contributed by atoms with Crippen LogP contribution in [0.3, 0.4) is 0 Å². The highest BCUT2D eigenvalue weighted by Gasteiger charge is 2.22. The number of esters is 2. The first-order chi connectivity index (χ1) is 13.5. The van der Waals surface area contributed by atoms with E-state index in [4.69, 9.17) is 9.47 Å². The van der Waals surface area contributed by atoms with Crippen LogP contribution in [-0.4, -0.2) is 45.7 Å². The quantitative estimate of drug-likeness (QED) is 0.660. The Bertz CT molecular complexity index is 1040. The number of carbonyl (C=O) groups is 3. The molecule has 156 valence electrons. The zero-order valence-corrected chi connectivity index (χ0v) is 18.0. The third-order valence-corrected chi connectivity index (χ3v) is 6.22. The molecule has 0 spiro atoms. The lowest BCUT2D eigenvalue weighted by Gasteiger charge is -2.08. The Balaban J connectivity index is 2.02. The van der Waals surface area contributed by atoms with Gasteiger partial charge in [-0.1, -0.05) is 0 Å². The van der Waals surface area contributed by atoms with E-state index in [1.165, 1.54) is 35.6 Å². The second kappa shape index (κ2) is 9.19. The number of aryl methyl sites for hydroxylation is 1. The van der Waals surface area contributed by atoms with E-state index < -0.39 is 34.3 Å². The van der Waals surface area contributed by atoms with Crippen LogP contribution in [0.5, 0.6) is 0 Å². The van der Waals surface area contributed by atoms with Crippen molar-refractivity contribution in [1.29, 1.82) is 0 Å². The summed E-state index contributed by atoms with van der Waals surface area (Å²) in [6, 6.07) is 5.19. The van der Waals surface area contributed by atoms with E-state index in [9.17, 15) is 22.8 Å². The molecule has 1 aromatic carbocycles. The number of sulfone groups is 1. The molecule has 1 amide bonds. The molecule has 0 aliphatic rings. The topological polar surface area (TPSA) is 116 Å². The van der Waals surface area contributed by atoms with Gasteiger partial charge in [0.1, 0.15) is 5.00 Å². The number of thiophene rings is 1. The second-order valence-electron chi connectivity index (χ2n) is 6.13. The molecule has 1 aromatic heterocycles. The van der Waals surface area contributed by atoms with Crippen molar-refractivity contribution in [2.24, 2.45) is 0 Å². The zero-order valence-electron chi connectivity index (χ0n) is 16.4. The van der Waals surface area contributed by atoms with Gasteiger partial charge in [-0.2, -0.15) is 0 Å². The van der Waals surface area contributed by atoms with Crippen LogP contribution in [0.4, 0.5) is 5.00 Å². The summed E-state index contributed by atoms with van der Waals surface area (Å²) in [7, 11) is -3.38. The SMILES string of the molecule is CCOC(=O)c1c(NC(=O)COC(=O)c2ccc(S(C)(=O)=O)cc2)sc(C)c1C. The maximum Gasteiger partial charge on any atom is 0.341 e. The van der Waals surface area contributed by atoms with Gasteiger partial charge in [-0.05, 0) is 50.6 Å². The van der Waals surface area contributed by atoms with Crippen LogP contribution in [0.1, 0.15) is 38.1 Å². The molecule has 0 saturated heterocycles. The minimum Gasteiger partial charge on any atom is -0.462 e. The molecule has 1 N–H and O–H groups in total. The van der Waals surface area contributed by atoms with Crippen LogP contribution >= 0.6 is 11.3 Å². The number of hydrogen-bond acceptors (Lipinski definition) is 8. The van der Waals surface area contributed by atoms with E-state index >= 15 is 0 Å². The Labute approximate surface area is 172 Å². The van der Waals surface area contributed by atoms with Gasteiger partial charge < -0.3 is 14.8 Å². The summed E-state index contributed by atoms with van der Waals surface area (Å²) in [4.78, 5) is 37.3. The average Bonchev–Trinajstić information content (AvgIpc) is 2.92. The number of amides is 1. The lowest BCUT2D eigenvalue weighted by molar-refractivity contribution is -0.119. The number of rotatable bonds is 7. The lowest BCUT2D eigenvalue weighted by atomic mass is 10.1. The van der Waals surface area contributed by atoms with E-state index in [0.29, 0.717) is 10.6 Å². The molecular formula is C19H21NO7S2. The Kier molecular flexibility index (Phi) is 7.15. The minimum atomic E-state index is -3.38. The highest BCUT2D eigenvalue weighted by Crippen LogP contribution is 2.33. The molecule has 29 heavy (non-hydrogen) atoms. The van der Waals surface area contributed by atoms with Crippen molar-refractivity contribution in [1.82, 2.24) is 0 Å². The molecule has 0 bridgehead atoms. The van der Waals surface area contributed by atoms with E-state index in [2.05, 4.69) is 5.32 Å². The Hall–Kier alpha value is -2.72. The summed E-state index contributed by atoms with van der Waals surface area (Å²) >= 11 is 1.23. The first-order valence-corrected chi connectivity index (χ1v) is 11.3. The van der Waals surface area contributed by atoms with E-state index in [-0.39, 0.29) is 22.6 Å².